The largest absolute Gasteiger partial charge is 0.441 e. The number of nitrogens with one attached hydrogen (secondary N) is 1. The van der Waals surface area contributed by atoms with Gasteiger partial charge in [-0.15, -0.1) is 0 Å². The van der Waals surface area contributed by atoms with E-state index in [1.165, 1.54) is 12.3 Å². The molecule has 0 aliphatic rings. The molecule has 0 unspecified atom stereocenters. The summed E-state index contributed by atoms with van der Waals surface area (Å²) in [4.78, 5) is 20.9. The Hall–Kier alpha value is -3.55. The Morgan fingerprint density at radius 1 is 1.21 bits per heavy atom. The van der Waals surface area contributed by atoms with Crippen LogP contribution in [0.5, 0.6) is 0 Å². The van der Waals surface area contributed by atoms with Gasteiger partial charge < -0.3 is 8.98 Å². The summed E-state index contributed by atoms with van der Waals surface area (Å²) in [5.41, 5.74) is 1.87. The molecule has 0 aliphatic heterocycles. The molecule has 29 heavy (non-hydrogen) atoms. The van der Waals surface area contributed by atoms with Crippen molar-refractivity contribution in [3.63, 3.8) is 0 Å². The molecule has 0 saturated carbocycles. The van der Waals surface area contributed by atoms with Crippen molar-refractivity contribution < 1.29 is 18.0 Å². The number of anilines is 1. The van der Waals surface area contributed by atoms with Crippen LogP contribution in [0.4, 0.5) is 14.7 Å². The van der Waals surface area contributed by atoms with Crippen LogP contribution in [0.15, 0.2) is 53.1 Å². The quantitative estimate of drug-likeness (QED) is 0.519. The third kappa shape index (κ3) is 3.87. The van der Waals surface area contributed by atoms with Crippen LogP contribution >= 0.6 is 0 Å². The summed E-state index contributed by atoms with van der Waals surface area (Å²) in [7, 11) is 0. The van der Waals surface area contributed by atoms with Crippen LogP contribution in [0.25, 0.3) is 22.4 Å². The van der Waals surface area contributed by atoms with E-state index in [9.17, 15) is 13.6 Å². The van der Waals surface area contributed by atoms with Gasteiger partial charge in [0.25, 0.3) is 0 Å². The van der Waals surface area contributed by atoms with Gasteiger partial charge in [-0.3, -0.25) is 10.1 Å². The standard InChI is InChI=1S/C21H18F2N4O2/c1-2-27-17-6-4-3-5-16(17)25-21(27)26-19(28)9-10-20-24-12-18(29-20)14-8-7-13(22)11-15(14)23/h3-8,11-12H,2,9-10H2,1H3,(H,25,26,28). The number of amides is 1. The maximum Gasteiger partial charge on any atom is 0.227 e. The zero-order chi connectivity index (χ0) is 20.4. The van der Waals surface area contributed by atoms with Gasteiger partial charge in [-0.25, -0.2) is 18.7 Å². The van der Waals surface area contributed by atoms with Crippen LogP contribution in [0, 0.1) is 11.6 Å². The molecule has 6 nitrogen and oxygen atoms in total. The van der Waals surface area contributed by atoms with E-state index in [1.807, 2.05) is 35.8 Å². The van der Waals surface area contributed by atoms with E-state index >= 15 is 0 Å². The highest BCUT2D eigenvalue weighted by molar-refractivity contribution is 5.91. The van der Waals surface area contributed by atoms with Crippen molar-refractivity contribution in [2.45, 2.75) is 26.3 Å². The van der Waals surface area contributed by atoms with Crippen molar-refractivity contribution in [1.29, 1.82) is 0 Å². The predicted molar refractivity (Wildman–Crippen MR) is 104 cm³/mol. The lowest BCUT2D eigenvalue weighted by atomic mass is 10.2. The summed E-state index contributed by atoms with van der Waals surface area (Å²) in [6.07, 6.45) is 1.72. The topological polar surface area (TPSA) is 73.0 Å². The third-order valence-electron chi connectivity index (χ3n) is 4.54. The van der Waals surface area contributed by atoms with Gasteiger partial charge in [0, 0.05) is 25.5 Å². The minimum atomic E-state index is -0.732. The molecule has 0 radical (unpaired) electrons. The number of para-hydroxylation sites is 2. The van der Waals surface area contributed by atoms with Crippen LogP contribution in [0.3, 0.4) is 0 Å². The highest BCUT2D eigenvalue weighted by Crippen LogP contribution is 2.25. The number of aromatic nitrogens is 3. The second-order valence-electron chi connectivity index (χ2n) is 6.46. The van der Waals surface area contributed by atoms with E-state index in [0.717, 1.165) is 23.2 Å². The summed E-state index contributed by atoms with van der Waals surface area (Å²) in [6.45, 7) is 2.65. The lowest BCUT2D eigenvalue weighted by molar-refractivity contribution is -0.116. The lowest BCUT2D eigenvalue weighted by Crippen LogP contribution is -2.16. The third-order valence-corrected chi connectivity index (χ3v) is 4.54. The first-order chi connectivity index (χ1) is 14.0. The normalized spacial score (nSPS) is 11.1. The number of hydrogen-bond acceptors (Lipinski definition) is 4. The first-order valence-corrected chi connectivity index (χ1v) is 9.20. The fourth-order valence-electron chi connectivity index (χ4n) is 3.14. The molecule has 0 saturated heterocycles. The van der Waals surface area contributed by atoms with Gasteiger partial charge in [0.1, 0.15) is 11.6 Å². The fraction of sp³-hybridized carbons (Fsp3) is 0.190. The molecule has 2 aromatic carbocycles. The Labute approximate surface area is 165 Å². The van der Waals surface area contributed by atoms with Crippen LogP contribution in [0.2, 0.25) is 0 Å². The molecule has 148 valence electrons. The van der Waals surface area contributed by atoms with E-state index in [4.69, 9.17) is 4.42 Å². The zero-order valence-electron chi connectivity index (χ0n) is 15.7. The molecule has 8 heteroatoms. The predicted octanol–water partition coefficient (Wildman–Crippen LogP) is 4.56. The maximum absolute atomic E-state index is 13.9. The van der Waals surface area contributed by atoms with Crippen molar-refractivity contribution >= 4 is 22.9 Å². The SMILES string of the molecule is CCn1c(NC(=O)CCc2ncc(-c3ccc(F)cc3F)o2)nc2ccccc21. The van der Waals surface area contributed by atoms with Crippen LogP contribution in [-0.2, 0) is 17.8 Å². The van der Waals surface area contributed by atoms with E-state index < -0.39 is 11.6 Å². The number of aryl methyl sites for hydroxylation is 2. The zero-order valence-corrected chi connectivity index (χ0v) is 15.7. The van der Waals surface area contributed by atoms with Crippen LogP contribution in [0.1, 0.15) is 19.2 Å². The average molecular weight is 396 g/mol. The lowest BCUT2D eigenvalue weighted by Gasteiger charge is -2.07. The first-order valence-electron chi connectivity index (χ1n) is 9.20. The second kappa shape index (κ2) is 7.83. The van der Waals surface area contributed by atoms with E-state index in [2.05, 4.69) is 15.3 Å². The van der Waals surface area contributed by atoms with E-state index in [0.29, 0.717) is 18.4 Å². The van der Waals surface area contributed by atoms with Gasteiger partial charge >= 0.3 is 0 Å². The fourth-order valence-corrected chi connectivity index (χ4v) is 3.14. The number of carbonyl (C=O) groups excluding carboxylic acids is 1. The Balaban J connectivity index is 1.42. The van der Waals surface area contributed by atoms with Crippen molar-refractivity contribution in [3.8, 4) is 11.3 Å². The van der Waals surface area contributed by atoms with Crippen molar-refractivity contribution in [2.75, 3.05) is 5.32 Å². The van der Waals surface area contributed by atoms with Crippen LogP contribution < -0.4 is 5.32 Å². The monoisotopic (exact) mass is 396 g/mol. The second-order valence-corrected chi connectivity index (χ2v) is 6.46. The molecule has 4 rings (SSSR count). The number of imidazole rings is 1. The molecule has 0 bridgehead atoms. The Morgan fingerprint density at radius 2 is 2.03 bits per heavy atom. The molecule has 2 heterocycles. The summed E-state index contributed by atoms with van der Waals surface area (Å²) >= 11 is 0. The molecule has 2 aromatic heterocycles. The van der Waals surface area contributed by atoms with Crippen molar-refractivity contribution in [3.05, 3.63) is 66.2 Å². The first kappa shape index (κ1) is 18.8. The molecular formula is C21H18F2N4O2. The molecule has 1 amide bonds. The summed E-state index contributed by atoms with van der Waals surface area (Å²) in [5, 5.41) is 2.82. The number of halogens is 2. The smallest absolute Gasteiger partial charge is 0.227 e. The Kier molecular flexibility index (Phi) is 5.07. The van der Waals surface area contributed by atoms with Gasteiger partial charge in [0.15, 0.2) is 11.7 Å². The van der Waals surface area contributed by atoms with E-state index in [-0.39, 0.29) is 30.1 Å². The highest BCUT2D eigenvalue weighted by atomic mass is 19.1. The van der Waals surface area contributed by atoms with Gasteiger partial charge in [-0.1, -0.05) is 12.1 Å². The molecule has 0 fully saturated rings. The number of rotatable bonds is 6. The van der Waals surface area contributed by atoms with Crippen molar-refractivity contribution in [1.82, 2.24) is 14.5 Å². The molecule has 4 aromatic rings. The molecule has 0 aliphatic carbocycles. The molecule has 0 atom stereocenters. The number of hydrogen-bond donors (Lipinski definition) is 1. The maximum atomic E-state index is 13.9. The Morgan fingerprint density at radius 3 is 2.83 bits per heavy atom. The van der Waals surface area contributed by atoms with Gasteiger partial charge in [0.05, 0.1) is 22.8 Å². The van der Waals surface area contributed by atoms with Gasteiger partial charge in [-0.2, -0.15) is 0 Å². The molecule has 0 spiro atoms. The van der Waals surface area contributed by atoms with E-state index in [1.54, 1.807) is 0 Å². The number of benzene rings is 2. The number of fused-ring (bicyclic) bond motifs is 1. The molecular weight excluding hydrogens is 378 g/mol. The summed E-state index contributed by atoms with van der Waals surface area (Å²) in [5.74, 6) is -0.666. The van der Waals surface area contributed by atoms with Gasteiger partial charge in [0.2, 0.25) is 11.9 Å². The van der Waals surface area contributed by atoms with Crippen LogP contribution in [-0.4, -0.2) is 20.4 Å². The number of carbonyl (C=O) groups is 1. The number of nitrogens with zero attached hydrogens (tertiary/aromatic N) is 3. The minimum absolute atomic E-state index is 0.117. The minimum Gasteiger partial charge on any atom is -0.441 e. The van der Waals surface area contributed by atoms with Crippen molar-refractivity contribution in [2.24, 2.45) is 0 Å². The van der Waals surface area contributed by atoms with Gasteiger partial charge in [-0.05, 0) is 31.2 Å². The highest BCUT2D eigenvalue weighted by Gasteiger charge is 2.15. The Bertz CT molecular complexity index is 1180. The summed E-state index contributed by atoms with van der Waals surface area (Å²) in [6, 6.07) is 10.9. The molecule has 1 N–H and O–H groups in total. The summed E-state index contributed by atoms with van der Waals surface area (Å²) < 4.78 is 34.3. The average Bonchev–Trinajstić information content (AvgIpc) is 3.30. The number of oxazole rings is 1.